The highest BCUT2D eigenvalue weighted by Gasteiger charge is 2.26. The van der Waals surface area contributed by atoms with Crippen molar-refractivity contribution in [3.05, 3.63) is 59.5 Å². The van der Waals surface area contributed by atoms with E-state index >= 15 is 0 Å². The van der Waals surface area contributed by atoms with Crippen LogP contribution in [0.25, 0.3) is 0 Å². The quantitative estimate of drug-likeness (QED) is 0.791. The molecule has 1 aromatic carbocycles. The molecule has 0 fully saturated rings. The zero-order valence-electron chi connectivity index (χ0n) is 11.4. The summed E-state index contributed by atoms with van der Waals surface area (Å²) < 4.78 is 7.02. The molecule has 0 atom stereocenters. The van der Waals surface area contributed by atoms with Crippen LogP contribution in [0.15, 0.2) is 41.2 Å². The topological polar surface area (TPSA) is 82.8 Å². The van der Waals surface area contributed by atoms with Gasteiger partial charge in [0.1, 0.15) is 6.54 Å². The van der Waals surface area contributed by atoms with Gasteiger partial charge < -0.3 is 10.3 Å². The zero-order valence-corrected chi connectivity index (χ0v) is 11.4. The Balaban J connectivity index is 1.51. The van der Waals surface area contributed by atoms with Gasteiger partial charge in [0.15, 0.2) is 5.82 Å². The second kappa shape index (κ2) is 4.73. The van der Waals surface area contributed by atoms with E-state index in [9.17, 15) is 0 Å². The molecule has 2 N–H and O–H groups in total. The Bertz CT molecular complexity index is 751. The highest BCUT2D eigenvalue weighted by molar-refractivity contribution is 5.35. The Kier molecular flexibility index (Phi) is 2.73. The third kappa shape index (κ3) is 2.29. The van der Waals surface area contributed by atoms with Gasteiger partial charge in [0.25, 0.3) is 0 Å². The molecular formula is C15H15N5O. The Labute approximate surface area is 121 Å². The summed E-state index contributed by atoms with van der Waals surface area (Å²) in [7, 11) is 0. The number of hydrogen-bond donors (Lipinski definition) is 1. The molecule has 0 spiro atoms. The summed E-state index contributed by atoms with van der Waals surface area (Å²) in [5, 5.41) is 8.24. The molecule has 0 bridgehead atoms. The van der Waals surface area contributed by atoms with Crippen molar-refractivity contribution < 1.29 is 4.52 Å². The zero-order chi connectivity index (χ0) is 14.2. The summed E-state index contributed by atoms with van der Waals surface area (Å²) in [6.07, 6.45) is 5.30. The Morgan fingerprint density at radius 2 is 2.00 bits per heavy atom. The maximum absolute atomic E-state index is 5.64. The second-order valence-corrected chi connectivity index (χ2v) is 5.39. The number of nitrogens with two attached hydrogens (primary N) is 1. The lowest BCUT2D eigenvalue weighted by Gasteiger charge is -2.00. The summed E-state index contributed by atoms with van der Waals surface area (Å²) in [6, 6.07) is 8.49. The van der Waals surface area contributed by atoms with Crippen molar-refractivity contribution in [3.8, 4) is 0 Å². The lowest BCUT2D eigenvalue weighted by Crippen LogP contribution is -2.03. The Morgan fingerprint density at radius 3 is 2.67 bits per heavy atom. The number of benzene rings is 1. The van der Waals surface area contributed by atoms with E-state index in [0.717, 1.165) is 18.7 Å². The van der Waals surface area contributed by atoms with E-state index in [0.29, 0.717) is 24.0 Å². The largest absolute Gasteiger partial charge is 0.396 e. The maximum atomic E-state index is 5.64. The Morgan fingerprint density at radius 1 is 1.24 bits per heavy atom. The minimum atomic E-state index is 0.308. The molecule has 0 saturated carbocycles. The molecule has 1 aliphatic carbocycles. The van der Waals surface area contributed by atoms with Gasteiger partial charge >= 0.3 is 0 Å². The molecule has 0 amide bonds. The van der Waals surface area contributed by atoms with E-state index in [-0.39, 0.29) is 0 Å². The molecule has 21 heavy (non-hydrogen) atoms. The van der Waals surface area contributed by atoms with Crippen LogP contribution in [0.1, 0.15) is 28.8 Å². The van der Waals surface area contributed by atoms with Crippen LogP contribution in [0.4, 0.5) is 5.69 Å². The molecule has 106 valence electrons. The standard InChI is InChI=1S/C15H15N5O/c16-13-7-17-20(8-13)9-14-18-15(19-21-14)12-5-10-3-1-2-4-11(10)6-12/h1-4,7-8,12H,5-6,9,16H2. The van der Waals surface area contributed by atoms with Crippen molar-refractivity contribution in [1.29, 1.82) is 0 Å². The minimum Gasteiger partial charge on any atom is -0.396 e. The van der Waals surface area contributed by atoms with Crippen LogP contribution in [0.3, 0.4) is 0 Å². The molecule has 2 heterocycles. The highest BCUT2D eigenvalue weighted by Crippen LogP contribution is 2.32. The van der Waals surface area contributed by atoms with Gasteiger partial charge in [-0.3, -0.25) is 4.68 Å². The first-order valence-corrected chi connectivity index (χ1v) is 6.95. The average molecular weight is 281 g/mol. The predicted molar refractivity (Wildman–Crippen MR) is 76.6 cm³/mol. The first-order chi connectivity index (χ1) is 10.3. The van der Waals surface area contributed by atoms with Crippen LogP contribution in [0.2, 0.25) is 0 Å². The number of fused-ring (bicyclic) bond motifs is 1. The van der Waals surface area contributed by atoms with Gasteiger partial charge in [0, 0.05) is 12.1 Å². The van der Waals surface area contributed by atoms with Gasteiger partial charge in [0.2, 0.25) is 5.89 Å². The SMILES string of the molecule is Nc1cnn(Cc2nc(C3Cc4ccccc4C3)no2)c1. The van der Waals surface area contributed by atoms with Crippen molar-refractivity contribution in [3.63, 3.8) is 0 Å². The first kappa shape index (κ1) is 12.1. The number of aromatic nitrogens is 4. The second-order valence-electron chi connectivity index (χ2n) is 5.39. The van der Waals surface area contributed by atoms with Crippen molar-refractivity contribution in [2.75, 3.05) is 5.73 Å². The van der Waals surface area contributed by atoms with E-state index in [1.54, 1.807) is 17.1 Å². The van der Waals surface area contributed by atoms with Crippen LogP contribution in [-0.4, -0.2) is 19.9 Å². The average Bonchev–Trinajstić information content (AvgIpc) is 3.18. The van der Waals surface area contributed by atoms with Crippen molar-refractivity contribution in [2.45, 2.75) is 25.3 Å². The number of nitrogen functional groups attached to an aromatic ring is 1. The minimum absolute atomic E-state index is 0.308. The van der Waals surface area contributed by atoms with Gasteiger partial charge in [-0.1, -0.05) is 29.4 Å². The van der Waals surface area contributed by atoms with E-state index in [2.05, 4.69) is 39.5 Å². The van der Waals surface area contributed by atoms with Gasteiger partial charge in [0.05, 0.1) is 11.9 Å². The van der Waals surface area contributed by atoms with Crippen molar-refractivity contribution in [1.82, 2.24) is 19.9 Å². The first-order valence-electron chi connectivity index (χ1n) is 6.95. The maximum Gasteiger partial charge on any atom is 0.248 e. The van der Waals surface area contributed by atoms with E-state index in [1.807, 2.05) is 0 Å². The normalized spacial score (nSPS) is 14.5. The molecule has 0 radical (unpaired) electrons. The number of nitrogens with zero attached hydrogens (tertiary/aromatic N) is 4. The van der Waals surface area contributed by atoms with E-state index < -0.39 is 0 Å². The monoisotopic (exact) mass is 281 g/mol. The third-order valence-corrected chi connectivity index (χ3v) is 3.85. The van der Waals surface area contributed by atoms with E-state index in [1.165, 1.54) is 11.1 Å². The Hall–Kier alpha value is -2.63. The molecular weight excluding hydrogens is 266 g/mol. The van der Waals surface area contributed by atoms with Crippen LogP contribution < -0.4 is 5.73 Å². The summed E-state index contributed by atoms with van der Waals surface area (Å²) in [5.41, 5.74) is 9.03. The lowest BCUT2D eigenvalue weighted by molar-refractivity contribution is 0.358. The van der Waals surface area contributed by atoms with Crippen LogP contribution in [-0.2, 0) is 19.4 Å². The summed E-state index contributed by atoms with van der Waals surface area (Å²) >= 11 is 0. The van der Waals surface area contributed by atoms with Gasteiger partial charge in [-0.25, -0.2) is 0 Å². The molecule has 3 aromatic rings. The van der Waals surface area contributed by atoms with Crippen LogP contribution >= 0.6 is 0 Å². The third-order valence-electron chi connectivity index (χ3n) is 3.85. The predicted octanol–water partition coefficient (Wildman–Crippen LogP) is 1.78. The number of hydrogen-bond acceptors (Lipinski definition) is 5. The fourth-order valence-corrected chi connectivity index (χ4v) is 2.84. The van der Waals surface area contributed by atoms with Gasteiger partial charge in [-0.05, 0) is 24.0 Å². The number of rotatable bonds is 3. The molecule has 0 aliphatic heterocycles. The summed E-state index contributed by atoms with van der Waals surface area (Å²) in [6.45, 7) is 0.448. The lowest BCUT2D eigenvalue weighted by atomic mass is 10.1. The fraction of sp³-hybridized carbons (Fsp3) is 0.267. The molecule has 1 aliphatic rings. The van der Waals surface area contributed by atoms with Crippen LogP contribution in [0.5, 0.6) is 0 Å². The van der Waals surface area contributed by atoms with Crippen LogP contribution in [0, 0.1) is 0 Å². The molecule has 6 heteroatoms. The molecule has 2 aromatic heterocycles. The molecule has 4 rings (SSSR count). The van der Waals surface area contributed by atoms with Crippen molar-refractivity contribution >= 4 is 5.69 Å². The fourth-order valence-electron chi connectivity index (χ4n) is 2.84. The summed E-state index contributed by atoms with van der Waals surface area (Å²) in [4.78, 5) is 4.50. The smallest absolute Gasteiger partial charge is 0.248 e. The number of anilines is 1. The van der Waals surface area contributed by atoms with Gasteiger partial charge in [-0.2, -0.15) is 10.1 Å². The molecule has 0 unspecified atom stereocenters. The van der Waals surface area contributed by atoms with Crippen molar-refractivity contribution in [2.24, 2.45) is 0 Å². The molecule has 0 saturated heterocycles. The molecule has 6 nitrogen and oxygen atoms in total. The highest BCUT2D eigenvalue weighted by atomic mass is 16.5. The summed E-state index contributed by atoms with van der Waals surface area (Å²) in [5.74, 6) is 1.65. The van der Waals surface area contributed by atoms with Gasteiger partial charge in [-0.15, -0.1) is 0 Å². The van der Waals surface area contributed by atoms with E-state index in [4.69, 9.17) is 10.3 Å².